The summed E-state index contributed by atoms with van der Waals surface area (Å²) in [7, 11) is 1.51. The zero-order valence-corrected chi connectivity index (χ0v) is 21.3. The van der Waals surface area contributed by atoms with Gasteiger partial charge in [0.1, 0.15) is 0 Å². The number of amides is 1. The predicted molar refractivity (Wildman–Crippen MR) is 138 cm³/mol. The number of benzene rings is 2. The van der Waals surface area contributed by atoms with E-state index in [0.717, 1.165) is 13.1 Å². The summed E-state index contributed by atoms with van der Waals surface area (Å²) < 4.78 is 22.2. The lowest BCUT2D eigenvalue weighted by atomic mass is 9.94. The van der Waals surface area contributed by atoms with Crippen LogP contribution in [0.5, 0.6) is 17.2 Å². The zero-order valence-electron chi connectivity index (χ0n) is 21.3. The van der Waals surface area contributed by atoms with E-state index in [0.29, 0.717) is 48.6 Å². The quantitative estimate of drug-likeness (QED) is 0.407. The highest BCUT2D eigenvalue weighted by Crippen LogP contribution is 2.42. The number of hydrogen-bond donors (Lipinski definition) is 2. The van der Waals surface area contributed by atoms with Crippen LogP contribution in [0.1, 0.15) is 29.1 Å². The number of aromatic hydroxyl groups is 1. The number of fused-ring (bicyclic) bond motifs is 1. The maximum atomic E-state index is 13.8. The van der Waals surface area contributed by atoms with Gasteiger partial charge in [0.2, 0.25) is 5.78 Å². The summed E-state index contributed by atoms with van der Waals surface area (Å²) in [4.78, 5) is 30.8. The van der Waals surface area contributed by atoms with Crippen LogP contribution in [-0.2, 0) is 9.53 Å². The number of aliphatic hydroxyl groups is 1. The van der Waals surface area contributed by atoms with Crippen molar-refractivity contribution in [2.75, 3.05) is 53.1 Å². The SMILES string of the molecule is CCOc1cc(C2C(C(=O)c3cc4cccc(OC)c4o3)=C(O)C(=O)N2CCN2CCOCC2)ccc1O. The molecule has 3 heterocycles. The summed E-state index contributed by atoms with van der Waals surface area (Å²) in [6.07, 6.45) is 0. The summed E-state index contributed by atoms with van der Waals surface area (Å²) in [6, 6.07) is 10.6. The number of ketones is 1. The number of phenols is 1. The molecule has 38 heavy (non-hydrogen) atoms. The molecule has 2 aromatic carbocycles. The first-order valence-electron chi connectivity index (χ1n) is 12.5. The molecule has 1 unspecified atom stereocenters. The summed E-state index contributed by atoms with van der Waals surface area (Å²) in [5.74, 6) is -1.29. The number of methoxy groups -OCH3 is 1. The number of furan rings is 1. The third-order valence-electron chi connectivity index (χ3n) is 6.86. The van der Waals surface area contributed by atoms with Crippen LogP contribution in [0.2, 0.25) is 0 Å². The molecule has 0 aliphatic carbocycles. The smallest absolute Gasteiger partial charge is 0.290 e. The molecule has 0 saturated carbocycles. The van der Waals surface area contributed by atoms with Crippen molar-refractivity contribution in [2.24, 2.45) is 0 Å². The minimum Gasteiger partial charge on any atom is -0.504 e. The Morgan fingerprint density at radius 3 is 2.61 bits per heavy atom. The van der Waals surface area contributed by atoms with Crippen LogP contribution >= 0.6 is 0 Å². The Bertz CT molecular complexity index is 1390. The number of para-hydroxylation sites is 1. The number of aliphatic hydroxyl groups excluding tert-OH is 1. The molecule has 2 aliphatic rings. The van der Waals surface area contributed by atoms with E-state index in [-0.39, 0.29) is 29.4 Å². The van der Waals surface area contributed by atoms with Gasteiger partial charge in [0, 0.05) is 31.6 Å². The van der Waals surface area contributed by atoms with E-state index in [2.05, 4.69) is 4.90 Å². The van der Waals surface area contributed by atoms with Crippen molar-refractivity contribution in [1.29, 1.82) is 0 Å². The number of Topliss-reactive ketones (excluding diaryl/α,β-unsaturated/α-hetero) is 1. The van der Waals surface area contributed by atoms with Crippen molar-refractivity contribution < 1.29 is 38.4 Å². The lowest BCUT2D eigenvalue weighted by molar-refractivity contribution is -0.129. The van der Waals surface area contributed by atoms with Gasteiger partial charge >= 0.3 is 0 Å². The first-order valence-corrected chi connectivity index (χ1v) is 12.5. The highest BCUT2D eigenvalue weighted by atomic mass is 16.5. The van der Waals surface area contributed by atoms with Crippen molar-refractivity contribution in [3.05, 3.63) is 65.1 Å². The maximum absolute atomic E-state index is 13.8. The predicted octanol–water partition coefficient (Wildman–Crippen LogP) is 3.46. The number of morpholine rings is 1. The standard InChI is InChI=1S/C28H30N2O8/c1-3-37-21-15-17(7-8-19(21)31)24-23(25(32)22-16-18-5-4-6-20(35-2)27(18)38-22)26(33)28(34)30(24)10-9-29-11-13-36-14-12-29/h4-8,15-16,24,31,33H,3,9-14H2,1-2H3. The molecule has 3 aromatic rings. The van der Waals surface area contributed by atoms with Crippen molar-refractivity contribution >= 4 is 22.7 Å². The molecule has 0 spiro atoms. The summed E-state index contributed by atoms with van der Waals surface area (Å²) in [5, 5.41) is 21.9. The first-order chi connectivity index (χ1) is 18.4. The van der Waals surface area contributed by atoms with Crippen LogP contribution in [0.25, 0.3) is 11.0 Å². The largest absolute Gasteiger partial charge is 0.504 e. The van der Waals surface area contributed by atoms with Crippen LogP contribution in [0.15, 0.2) is 58.2 Å². The molecule has 0 radical (unpaired) electrons. The van der Waals surface area contributed by atoms with Crippen molar-refractivity contribution in [1.82, 2.24) is 9.80 Å². The number of carbonyl (C=O) groups is 2. The lowest BCUT2D eigenvalue weighted by Gasteiger charge is -2.31. The molecule has 10 heteroatoms. The van der Waals surface area contributed by atoms with Gasteiger partial charge in [-0.05, 0) is 36.8 Å². The second-order valence-electron chi connectivity index (χ2n) is 9.10. The van der Waals surface area contributed by atoms with Gasteiger partial charge in [0.25, 0.3) is 5.91 Å². The van der Waals surface area contributed by atoms with Gasteiger partial charge in [-0.25, -0.2) is 0 Å². The van der Waals surface area contributed by atoms with Crippen LogP contribution < -0.4 is 9.47 Å². The fourth-order valence-electron chi connectivity index (χ4n) is 4.95. The molecule has 1 amide bonds. The molecular weight excluding hydrogens is 492 g/mol. The number of hydrogen-bond acceptors (Lipinski definition) is 9. The average Bonchev–Trinajstić information content (AvgIpc) is 3.48. The monoisotopic (exact) mass is 522 g/mol. The minimum absolute atomic E-state index is 0.0253. The van der Waals surface area contributed by atoms with Gasteiger partial charge < -0.3 is 33.7 Å². The summed E-state index contributed by atoms with van der Waals surface area (Å²) in [6.45, 7) is 5.58. The van der Waals surface area contributed by atoms with E-state index in [4.69, 9.17) is 18.6 Å². The minimum atomic E-state index is -0.911. The number of carbonyl (C=O) groups excluding carboxylic acids is 2. The number of rotatable bonds is 9. The van der Waals surface area contributed by atoms with Crippen molar-refractivity contribution in [3.8, 4) is 17.2 Å². The van der Waals surface area contributed by atoms with Crippen molar-refractivity contribution in [2.45, 2.75) is 13.0 Å². The molecule has 1 atom stereocenters. The van der Waals surface area contributed by atoms with E-state index in [1.165, 1.54) is 18.1 Å². The van der Waals surface area contributed by atoms with Gasteiger partial charge in [-0.1, -0.05) is 18.2 Å². The fraction of sp³-hybridized carbons (Fsp3) is 0.357. The van der Waals surface area contributed by atoms with Crippen LogP contribution in [-0.4, -0.2) is 84.8 Å². The Morgan fingerprint density at radius 1 is 1.08 bits per heavy atom. The Hall–Kier alpha value is -4.02. The topological polar surface area (TPSA) is 122 Å². The Labute approximate surface area is 219 Å². The van der Waals surface area contributed by atoms with Crippen LogP contribution in [0, 0.1) is 0 Å². The Balaban J connectivity index is 1.55. The van der Waals surface area contributed by atoms with Gasteiger partial charge in [-0.2, -0.15) is 0 Å². The molecule has 2 N–H and O–H groups in total. The molecule has 1 saturated heterocycles. The Morgan fingerprint density at radius 2 is 1.87 bits per heavy atom. The zero-order chi connectivity index (χ0) is 26.8. The Kier molecular flexibility index (Phi) is 7.26. The second kappa shape index (κ2) is 10.8. The molecule has 1 fully saturated rings. The molecule has 10 nitrogen and oxygen atoms in total. The highest BCUT2D eigenvalue weighted by molar-refractivity contribution is 6.16. The van der Waals surface area contributed by atoms with E-state index < -0.39 is 23.5 Å². The van der Waals surface area contributed by atoms with E-state index in [1.54, 1.807) is 43.3 Å². The lowest BCUT2D eigenvalue weighted by Crippen LogP contribution is -2.43. The van der Waals surface area contributed by atoms with Crippen molar-refractivity contribution in [3.63, 3.8) is 0 Å². The van der Waals surface area contributed by atoms with E-state index in [9.17, 15) is 19.8 Å². The van der Waals surface area contributed by atoms with E-state index in [1.807, 2.05) is 0 Å². The normalized spacial score (nSPS) is 18.4. The number of nitrogens with zero attached hydrogens (tertiary/aromatic N) is 2. The second-order valence-corrected chi connectivity index (χ2v) is 9.10. The molecule has 0 bridgehead atoms. The van der Waals surface area contributed by atoms with Gasteiger partial charge in [0.05, 0.1) is 38.5 Å². The molecule has 5 rings (SSSR count). The summed E-state index contributed by atoms with van der Waals surface area (Å²) in [5.41, 5.74) is 0.817. The number of ether oxygens (including phenoxy) is 3. The fourth-order valence-corrected chi connectivity index (χ4v) is 4.95. The first kappa shape index (κ1) is 25.6. The third kappa shape index (κ3) is 4.68. The van der Waals surface area contributed by atoms with E-state index >= 15 is 0 Å². The summed E-state index contributed by atoms with van der Waals surface area (Å²) >= 11 is 0. The molecule has 200 valence electrons. The third-order valence-corrected chi connectivity index (χ3v) is 6.86. The van der Waals surface area contributed by atoms with Gasteiger partial charge in [0.15, 0.2) is 34.4 Å². The molecular formula is C28H30N2O8. The highest BCUT2D eigenvalue weighted by Gasteiger charge is 2.45. The average molecular weight is 523 g/mol. The van der Waals surface area contributed by atoms with Crippen LogP contribution in [0.4, 0.5) is 0 Å². The van der Waals surface area contributed by atoms with Gasteiger partial charge in [-0.15, -0.1) is 0 Å². The van der Waals surface area contributed by atoms with Gasteiger partial charge in [-0.3, -0.25) is 14.5 Å². The molecule has 1 aromatic heterocycles. The number of phenolic OH excluding ortho intramolecular Hbond substituents is 1. The maximum Gasteiger partial charge on any atom is 0.290 e. The van der Waals surface area contributed by atoms with Crippen LogP contribution in [0.3, 0.4) is 0 Å². The molecule has 2 aliphatic heterocycles.